The molecule has 0 atom stereocenters. The number of aryl methyl sites for hydroxylation is 1. The summed E-state index contributed by atoms with van der Waals surface area (Å²) in [5, 5.41) is 2.58. The molecule has 3 aromatic rings. The molecule has 0 aliphatic carbocycles. The van der Waals surface area contributed by atoms with Gasteiger partial charge >= 0.3 is 5.97 Å². The van der Waals surface area contributed by atoms with Crippen molar-refractivity contribution in [3.05, 3.63) is 83.1 Å². The minimum atomic E-state index is -3.91. The number of amides is 1. The lowest BCUT2D eigenvalue weighted by Crippen LogP contribution is -2.27. The Morgan fingerprint density at radius 3 is 2.50 bits per heavy atom. The fraction of sp³-hybridized carbons (Fsp3) is 0.136. The minimum absolute atomic E-state index is 0.00408. The van der Waals surface area contributed by atoms with Crippen LogP contribution in [-0.2, 0) is 19.6 Å². The highest BCUT2D eigenvalue weighted by molar-refractivity contribution is 7.92. The van der Waals surface area contributed by atoms with E-state index in [0.29, 0.717) is 5.69 Å². The number of pyridine rings is 1. The van der Waals surface area contributed by atoms with E-state index in [9.17, 15) is 18.0 Å². The summed E-state index contributed by atoms with van der Waals surface area (Å²) in [6.45, 7) is 1.32. The van der Waals surface area contributed by atoms with Gasteiger partial charge in [-0.3, -0.25) is 9.10 Å². The molecule has 166 valence electrons. The van der Waals surface area contributed by atoms with Crippen molar-refractivity contribution in [1.29, 1.82) is 0 Å². The largest absolute Gasteiger partial charge is 0.452 e. The summed E-state index contributed by atoms with van der Waals surface area (Å²) in [5.41, 5.74) is 1.76. The number of nitrogens with one attached hydrogen (secondary N) is 1. The number of aromatic nitrogens is 1. The molecule has 0 spiro atoms. The molecule has 2 aromatic carbocycles. The molecule has 0 fully saturated rings. The molecule has 0 bridgehead atoms. The molecule has 0 unspecified atom stereocenters. The Morgan fingerprint density at radius 2 is 1.81 bits per heavy atom. The van der Waals surface area contributed by atoms with Crippen molar-refractivity contribution in [3.8, 4) is 0 Å². The van der Waals surface area contributed by atoms with Crippen LogP contribution in [0.1, 0.15) is 15.9 Å². The zero-order valence-corrected chi connectivity index (χ0v) is 18.9. The van der Waals surface area contributed by atoms with Crippen LogP contribution in [0.5, 0.6) is 0 Å². The van der Waals surface area contributed by atoms with E-state index in [4.69, 9.17) is 16.3 Å². The molecule has 0 aliphatic heterocycles. The molecule has 32 heavy (non-hydrogen) atoms. The molecular formula is C22H20ClN3O5S. The Hall–Kier alpha value is -3.43. The van der Waals surface area contributed by atoms with Gasteiger partial charge < -0.3 is 10.1 Å². The van der Waals surface area contributed by atoms with Gasteiger partial charge in [0, 0.05) is 13.2 Å². The second-order valence-electron chi connectivity index (χ2n) is 6.80. The monoisotopic (exact) mass is 473 g/mol. The number of rotatable bonds is 7. The van der Waals surface area contributed by atoms with Crippen LogP contribution in [-0.4, -0.2) is 38.9 Å². The summed E-state index contributed by atoms with van der Waals surface area (Å²) in [7, 11) is -2.48. The van der Waals surface area contributed by atoms with Crippen LogP contribution in [0.2, 0.25) is 5.15 Å². The van der Waals surface area contributed by atoms with Gasteiger partial charge in [0.05, 0.1) is 21.8 Å². The number of anilines is 2. The first kappa shape index (κ1) is 23.2. The van der Waals surface area contributed by atoms with Crippen molar-refractivity contribution >= 4 is 44.9 Å². The second-order valence-corrected chi connectivity index (χ2v) is 9.13. The molecule has 0 saturated carbocycles. The zero-order chi connectivity index (χ0) is 23.3. The third kappa shape index (κ3) is 5.43. The minimum Gasteiger partial charge on any atom is -0.452 e. The van der Waals surface area contributed by atoms with Crippen molar-refractivity contribution < 1.29 is 22.7 Å². The third-order valence-corrected chi connectivity index (χ3v) is 6.58. The van der Waals surface area contributed by atoms with Crippen molar-refractivity contribution in [2.75, 3.05) is 23.3 Å². The maximum atomic E-state index is 13.0. The van der Waals surface area contributed by atoms with Crippen LogP contribution in [0.25, 0.3) is 0 Å². The molecule has 0 radical (unpaired) electrons. The molecule has 0 aliphatic rings. The molecule has 1 amide bonds. The number of halogens is 1. The maximum Gasteiger partial charge on any atom is 0.338 e. The van der Waals surface area contributed by atoms with Gasteiger partial charge in [-0.15, -0.1) is 0 Å². The molecule has 8 nitrogen and oxygen atoms in total. The molecule has 1 N–H and O–H groups in total. The van der Waals surface area contributed by atoms with E-state index in [0.717, 1.165) is 9.87 Å². The average molecular weight is 474 g/mol. The highest BCUT2D eigenvalue weighted by atomic mass is 35.5. The predicted molar refractivity (Wildman–Crippen MR) is 121 cm³/mol. The lowest BCUT2D eigenvalue weighted by atomic mass is 10.2. The second kappa shape index (κ2) is 9.80. The Labute approximate surface area is 190 Å². The first-order valence-corrected chi connectivity index (χ1v) is 11.2. The summed E-state index contributed by atoms with van der Waals surface area (Å²) < 4.78 is 32.1. The van der Waals surface area contributed by atoms with Gasteiger partial charge in [0.2, 0.25) is 0 Å². The van der Waals surface area contributed by atoms with Gasteiger partial charge in [-0.2, -0.15) is 0 Å². The molecule has 0 saturated heterocycles. The van der Waals surface area contributed by atoms with Crippen LogP contribution < -0.4 is 9.62 Å². The third-order valence-electron chi connectivity index (χ3n) is 4.49. The van der Waals surface area contributed by atoms with Gasteiger partial charge in [0.15, 0.2) is 11.8 Å². The van der Waals surface area contributed by atoms with Gasteiger partial charge in [-0.05, 0) is 49.4 Å². The lowest BCUT2D eigenvalue weighted by molar-refractivity contribution is -0.119. The van der Waals surface area contributed by atoms with Crippen LogP contribution in [0, 0.1) is 6.92 Å². The number of carbonyl (C=O) groups is 2. The average Bonchev–Trinajstić information content (AvgIpc) is 2.79. The van der Waals surface area contributed by atoms with E-state index in [-0.39, 0.29) is 21.3 Å². The van der Waals surface area contributed by atoms with E-state index in [1.165, 1.54) is 37.5 Å². The molecular weight excluding hydrogens is 454 g/mol. The van der Waals surface area contributed by atoms with Crippen LogP contribution in [0.4, 0.5) is 11.4 Å². The van der Waals surface area contributed by atoms with Crippen LogP contribution in [0.15, 0.2) is 71.8 Å². The molecule has 3 rings (SSSR count). The van der Waals surface area contributed by atoms with Gasteiger partial charge in [0.25, 0.3) is 15.9 Å². The topological polar surface area (TPSA) is 106 Å². The molecule has 1 aromatic heterocycles. The number of esters is 1. The predicted octanol–water partition coefficient (Wildman–Crippen LogP) is 3.66. The highest BCUT2D eigenvalue weighted by Gasteiger charge is 2.23. The van der Waals surface area contributed by atoms with Crippen molar-refractivity contribution in [1.82, 2.24) is 4.98 Å². The summed E-state index contributed by atoms with van der Waals surface area (Å²) in [5.74, 6) is -1.45. The first-order valence-electron chi connectivity index (χ1n) is 9.41. The van der Waals surface area contributed by atoms with Gasteiger partial charge in [-0.1, -0.05) is 35.4 Å². The number of hydrogen-bond donors (Lipinski definition) is 1. The Bertz CT molecular complexity index is 1250. The summed E-state index contributed by atoms with van der Waals surface area (Å²) in [4.78, 5) is 28.1. The Kier molecular flexibility index (Phi) is 7.12. The van der Waals surface area contributed by atoms with E-state index >= 15 is 0 Å². The van der Waals surface area contributed by atoms with Crippen LogP contribution in [0.3, 0.4) is 0 Å². The van der Waals surface area contributed by atoms with E-state index in [1.54, 1.807) is 36.4 Å². The molecule has 10 heteroatoms. The number of hydrogen-bond acceptors (Lipinski definition) is 6. The number of carbonyl (C=O) groups excluding carboxylic acids is 2. The summed E-state index contributed by atoms with van der Waals surface area (Å²) >= 11 is 5.87. The quantitative estimate of drug-likeness (QED) is 0.414. The summed E-state index contributed by atoms with van der Waals surface area (Å²) in [6, 6.07) is 15.6. The number of nitrogens with zero attached hydrogens (tertiary/aromatic N) is 2. The van der Waals surface area contributed by atoms with Crippen LogP contribution >= 0.6 is 11.6 Å². The Balaban J connectivity index is 1.69. The van der Waals surface area contributed by atoms with Gasteiger partial charge in [-0.25, -0.2) is 18.2 Å². The smallest absolute Gasteiger partial charge is 0.338 e. The Morgan fingerprint density at radius 1 is 1.09 bits per heavy atom. The number of ether oxygens (including phenoxy) is 1. The molecule has 1 heterocycles. The standard InChI is InChI=1S/C22H20ClN3O5S/c1-15-8-10-17(11-9-15)26(2)32(29,30)18-6-3-5-16(13-18)22(28)31-14-20(27)25-19-7-4-12-24-21(19)23/h3-13H,14H2,1-2H3,(H,25,27). The highest BCUT2D eigenvalue weighted by Crippen LogP contribution is 2.23. The van der Waals surface area contributed by atoms with E-state index < -0.39 is 28.5 Å². The zero-order valence-electron chi connectivity index (χ0n) is 17.3. The van der Waals surface area contributed by atoms with Crippen molar-refractivity contribution in [3.63, 3.8) is 0 Å². The summed E-state index contributed by atoms with van der Waals surface area (Å²) in [6.07, 6.45) is 1.47. The fourth-order valence-corrected chi connectivity index (χ4v) is 4.12. The maximum absolute atomic E-state index is 13.0. The van der Waals surface area contributed by atoms with Gasteiger partial charge in [0.1, 0.15) is 0 Å². The fourth-order valence-electron chi connectivity index (χ4n) is 2.72. The van der Waals surface area contributed by atoms with Crippen molar-refractivity contribution in [2.45, 2.75) is 11.8 Å². The number of benzene rings is 2. The lowest BCUT2D eigenvalue weighted by Gasteiger charge is -2.20. The first-order chi connectivity index (χ1) is 15.2. The number of sulfonamides is 1. The SMILES string of the molecule is Cc1ccc(N(C)S(=O)(=O)c2cccc(C(=O)OCC(=O)Nc3cccnc3Cl)c2)cc1. The van der Waals surface area contributed by atoms with E-state index in [2.05, 4.69) is 10.3 Å². The normalized spacial score (nSPS) is 11.0. The van der Waals surface area contributed by atoms with Crippen molar-refractivity contribution in [2.24, 2.45) is 0 Å². The van der Waals surface area contributed by atoms with E-state index in [1.807, 2.05) is 6.92 Å².